The molecule has 1 aromatic rings. The van der Waals surface area contributed by atoms with E-state index in [4.69, 9.17) is 23.7 Å². The highest BCUT2D eigenvalue weighted by Gasteiger charge is 2.48. The number of carbonyl (C=O) groups is 5. The standard InChI is InChI=1S/C34H48N4O10/c1-19(2)47-32(42)35-27(20-10-8-7-9-11-20)29(39)36-28(34(3,4)5)30(40)38-17-23(14-24(38)31(41)44-6)48-33(43)37-15-21-12-25-26(46-18-45-25)13-22(21)16-37/h12-13,19-20,23-24,27-28H,7-11,14-18H2,1-6H3,(H,35,42)(H,36,39)/t23-,24?,27+,28-/m1/s1. The van der Waals surface area contributed by atoms with Gasteiger partial charge in [0.1, 0.15) is 24.2 Å². The van der Waals surface area contributed by atoms with E-state index in [-0.39, 0.29) is 31.8 Å². The summed E-state index contributed by atoms with van der Waals surface area (Å²) in [6.07, 6.45) is 2.03. The summed E-state index contributed by atoms with van der Waals surface area (Å²) in [7, 11) is 1.23. The van der Waals surface area contributed by atoms with Gasteiger partial charge < -0.3 is 39.2 Å². The van der Waals surface area contributed by atoms with Crippen LogP contribution in [0, 0.1) is 11.3 Å². The van der Waals surface area contributed by atoms with E-state index in [2.05, 4.69) is 10.6 Å². The fraction of sp³-hybridized carbons (Fsp3) is 0.676. The summed E-state index contributed by atoms with van der Waals surface area (Å²) < 4.78 is 27.1. The molecule has 0 aromatic heterocycles. The first-order valence-corrected chi connectivity index (χ1v) is 16.8. The number of nitrogens with one attached hydrogen (secondary N) is 2. The predicted octanol–water partition coefficient (Wildman–Crippen LogP) is 3.62. The van der Waals surface area contributed by atoms with Gasteiger partial charge in [0.15, 0.2) is 11.5 Å². The van der Waals surface area contributed by atoms with Crippen LogP contribution >= 0.6 is 0 Å². The Kier molecular flexibility index (Phi) is 10.6. The predicted molar refractivity (Wildman–Crippen MR) is 171 cm³/mol. The van der Waals surface area contributed by atoms with Gasteiger partial charge in [0, 0.05) is 19.5 Å². The fourth-order valence-corrected chi connectivity index (χ4v) is 6.91. The van der Waals surface area contributed by atoms with E-state index in [0.29, 0.717) is 24.6 Å². The van der Waals surface area contributed by atoms with E-state index in [1.54, 1.807) is 18.7 Å². The van der Waals surface area contributed by atoms with Gasteiger partial charge in [-0.25, -0.2) is 14.4 Å². The van der Waals surface area contributed by atoms with Crippen LogP contribution in [0.5, 0.6) is 11.5 Å². The van der Waals surface area contributed by atoms with Gasteiger partial charge in [-0.3, -0.25) is 14.5 Å². The second-order valence-corrected chi connectivity index (χ2v) is 14.4. The van der Waals surface area contributed by atoms with Gasteiger partial charge in [-0.05, 0) is 61.3 Å². The quantitative estimate of drug-likeness (QED) is 0.308. The third-order valence-corrected chi connectivity index (χ3v) is 9.38. The maximum absolute atomic E-state index is 14.3. The van der Waals surface area contributed by atoms with Crippen molar-refractivity contribution in [2.24, 2.45) is 11.3 Å². The van der Waals surface area contributed by atoms with Crippen LogP contribution in [0.1, 0.15) is 84.3 Å². The molecule has 1 saturated heterocycles. The lowest BCUT2D eigenvalue weighted by Crippen LogP contribution is -2.61. The smallest absolute Gasteiger partial charge is 0.410 e. The molecular formula is C34H48N4O10. The van der Waals surface area contributed by atoms with Crippen LogP contribution in [0.2, 0.25) is 0 Å². The number of hydrogen-bond donors (Lipinski definition) is 2. The third-order valence-electron chi connectivity index (χ3n) is 9.38. The summed E-state index contributed by atoms with van der Waals surface area (Å²) in [5.41, 5.74) is 1.07. The molecule has 1 unspecified atom stereocenters. The van der Waals surface area contributed by atoms with Crippen molar-refractivity contribution in [2.45, 2.75) is 117 Å². The van der Waals surface area contributed by atoms with E-state index >= 15 is 0 Å². The minimum atomic E-state index is -1.07. The highest BCUT2D eigenvalue weighted by molar-refractivity contribution is 5.94. The zero-order valence-corrected chi connectivity index (χ0v) is 28.7. The Bertz CT molecular complexity index is 1370. The number of amides is 4. The van der Waals surface area contributed by atoms with Gasteiger partial charge in [0.05, 0.1) is 19.8 Å². The molecule has 3 heterocycles. The van der Waals surface area contributed by atoms with Crippen LogP contribution in [0.3, 0.4) is 0 Å². The van der Waals surface area contributed by atoms with Crippen LogP contribution < -0.4 is 20.1 Å². The minimum absolute atomic E-state index is 0.0407. The molecule has 5 rings (SSSR count). The molecule has 0 bridgehead atoms. The van der Waals surface area contributed by atoms with E-state index in [1.165, 1.54) is 12.0 Å². The Hall–Kier alpha value is -4.23. The average Bonchev–Trinajstić information content (AvgIpc) is 3.78. The first-order chi connectivity index (χ1) is 22.7. The number of methoxy groups -OCH3 is 1. The lowest BCUT2D eigenvalue weighted by molar-refractivity contribution is -0.153. The summed E-state index contributed by atoms with van der Waals surface area (Å²) in [4.78, 5) is 69.9. The van der Waals surface area contributed by atoms with Crippen LogP contribution in [-0.2, 0) is 41.7 Å². The summed E-state index contributed by atoms with van der Waals surface area (Å²) in [5, 5.41) is 5.65. The molecular weight excluding hydrogens is 624 g/mol. The van der Waals surface area contributed by atoms with Gasteiger partial charge in [-0.1, -0.05) is 40.0 Å². The number of carbonyl (C=O) groups excluding carboxylic acids is 5. The van der Waals surface area contributed by atoms with Crippen LogP contribution in [0.15, 0.2) is 12.1 Å². The normalized spacial score (nSPS) is 21.7. The molecule has 1 saturated carbocycles. The zero-order chi connectivity index (χ0) is 34.7. The number of benzene rings is 1. The maximum Gasteiger partial charge on any atom is 0.410 e. The van der Waals surface area contributed by atoms with Gasteiger partial charge >= 0.3 is 18.2 Å². The summed E-state index contributed by atoms with van der Waals surface area (Å²) in [6.45, 7) is 9.61. The number of nitrogens with zero attached hydrogens (tertiary/aromatic N) is 2. The molecule has 14 heteroatoms. The Morgan fingerprint density at radius 2 is 1.56 bits per heavy atom. The van der Waals surface area contributed by atoms with Crippen LogP contribution in [0.25, 0.3) is 0 Å². The van der Waals surface area contributed by atoms with Crippen molar-refractivity contribution in [1.82, 2.24) is 20.4 Å². The minimum Gasteiger partial charge on any atom is -0.467 e. The van der Waals surface area contributed by atoms with Crippen molar-refractivity contribution in [3.8, 4) is 11.5 Å². The fourth-order valence-electron chi connectivity index (χ4n) is 6.91. The second-order valence-electron chi connectivity index (χ2n) is 14.4. The number of ether oxygens (including phenoxy) is 5. The number of alkyl carbamates (subject to hydrolysis) is 1. The first kappa shape index (κ1) is 35.1. The van der Waals surface area contributed by atoms with Gasteiger partial charge in [0.2, 0.25) is 18.6 Å². The zero-order valence-electron chi connectivity index (χ0n) is 28.7. The van der Waals surface area contributed by atoms with Crippen molar-refractivity contribution in [1.29, 1.82) is 0 Å². The Morgan fingerprint density at radius 3 is 2.12 bits per heavy atom. The number of likely N-dealkylation sites (tertiary alicyclic amines) is 1. The molecule has 4 aliphatic rings. The number of rotatable bonds is 8. The monoisotopic (exact) mass is 672 g/mol. The van der Waals surface area contributed by atoms with Crippen LogP contribution in [-0.4, -0.2) is 90.6 Å². The topological polar surface area (TPSA) is 162 Å². The highest BCUT2D eigenvalue weighted by atomic mass is 16.7. The average molecular weight is 673 g/mol. The van der Waals surface area contributed by atoms with Crippen LogP contribution in [0.4, 0.5) is 9.59 Å². The van der Waals surface area contributed by atoms with Crippen molar-refractivity contribution in [3.05, 3.63) is 23.3 Å². The molecule has 4 atom stereocenters. The largest absolute Gasteiger partial charge is 0.467 e. The van der Waals surface area contributed by atoms with Crippen molar-refractivity contribution in [2.75, 3.05) is 20.4 Å². The van der Waals surface area contributed by atoms with E-state index in [0.717, 1.165) is 43.2 Å². The molecule has 3 aliphatic heterocycles. The Labute approximate surface area is 281 Å². The molecule has 4 amide bonds. The van der Waals surface area contributed by atoms with E-state index in [9.17, 15) is 24.0 Å². The molecule has 1 aliphatic carbocycles. The molecule has 48 heavy (non-hydrogen) atoms. The Balaban J connectivity index is 1.29. The SMILES string of the molecule is COC(=O)C1C[C@@H](OC(=O)N2Cc3cc4c(cc3C2)OCO4)CN1C(=O)[C@@H](NC(=O)[C@@H](NC(=O)OC(C)C)C1CCCCC1)C(C)(C)C. The summed E-state index contributed by atoms with van der Waals surface area (Å²) in [5.74, 6) is -0.519. The lowest BCUT2D eigenvalue weighted by atomic mass is 9.82. The van der Waals surface area contributed by atoms with E-state index < -0.39 is 59.6 Å². The molecule has 0 spiro atoms. The maximum atomic E-state index is 14.3. The number of esters is 1. The highest BCUT2D eigenvalue weighted by Crippen LogP contribution is 2.38. The van der Waals surface area contributed by atoms with Crippen molar-refractivity contribution >= 4 is 30.0 Å². The molecule has 1 aromatic carbocycles. The van der Waals surface area contributed by atoms with Gasteiger partial charge in [0.25, 0.3) is 0 Å². The third kappa shape index (κ3) is 7.90. The Morgan fingerprint density at radius 1 is 0.938 bits per heavy atom. The summed E-state index contributed by atoms with van der Waals surface area (Å²) >= 11 is 0. The van der Waals surface area contributed by atoms with E-state index in [1.807, 2.05) is 32.9 Å². The number of hydrogen-bond acceptors (Lipinski definition) is 10. The molecule has 264 valence electrons. The lowest BCUT2D eigenvalue weighted by Gasteiger charge is -2.37. The molecule has 0 radical (unpaired) electrons. The second kappa shape index (κ2) is 14.5. The van der Waals surface area contributed by atoms with Crippen molar-refractivity contribution < 1.29 is 47.7 Å². The van der Waals surface area contributed by atoms with Gasteiger partial charge in [-0.2, -0.15) is 0 Å². The number of fused-ring (bicyclic) bond motifs is 2. The van der Waals surface area contributed by atoms with Crippen molar-refractivity contribution in [3.63, 3.8) is 0 Å². The molecule has 14 nitrogen and oxygen atoms in total. The molecule has 2 fully saturated rings. The molecule has 2 N–H and O–H groups in total. The van der Waals surface area contributed by atoms with Gasteiger partial charge in [-0.15, -0.1) is 0 Å². The first-order valence-electron chi connectivity index (χ1n) is 16.8. The summed E-state index contributed by atoms with van der Waals surface area (Å²) in [6, 6.07) is 0.721.